The highest BCUT2D eigenvalue weighted by atomic mass is 32.2. The number of carbonyl (C=O) groups excluding carboxylic acids is 1. The van der Waals surface area contributed by atoms with Gasteiger partial charge in [0.15, 0.2) is 0 Å². The molecule has 2 rings (SSSR count). The molecule has 0 aliphatic carbocycles. The van der Waals surface area contributed by atoms with E-state index in [1.165, 1.54) is 28.6 Å². The number of hydrogen-bond donors (Lipinski definition) is 2. The van der Waals surface area contributed by atoms with E-state index >= 15 is 0 Å². The van der Waals surface area contributed by atoms with E-state index in [0.717, 1.165) is 6.42 Å². The molecule has 1 aliphatic rings. The van der Waals surface area contributed by atoms with Crippen molar-refractivity contribution in [2.24, 2.45) is 17.4 Å². The average molecular weight is 297 g/mol. The molecule has 110 valence electrons. The van der Waals surface area contributed by atoms with E-state index in [1.54, 1.807) is 0 Å². The summed E-state index contributed by atoms with van der Waals surface area (Å²) in [5.41, 5.74) is 11.3. The maximum absolute atomic E-state index is 12.5. The molecule has 1 heterocycles. The van der Waals surface area contributed by atoms with E-state index in [0.29, 0.717) is 13.1 Å². The van der Waals surface area contributed by atoms with E-state index in [1.807, 2.05) is 6.92 Å². The van der Waals surface area contributed by atoms with Gasteiger partial charge in [0.05, 0.1) is 4.90 Å². The lowest BCUT2D eigenvalue weighted by Crippen LogP contribution is -2.48. The average Bonchev–Trinajstić information content (AvgIpc) is 2.37. The summed E-state index contributed by atoms with van der Waals surface area (Å²) >= 11 is 0. The maximum Gasteiger partial charge on any atom is 0.248 e. The van der Waals surface area contributed by atoms with Crippen LogP contribution in [0.3, 0.4) is 0 Å². The molecule has 1 fully saturated rings. The smallest absolute Gasteiger partial charge is 0.248 e. The molecular weight excluding hydrogens is 278 g/mol. The minimum absolute atomic E-state index is 0.140. The molecule has 20 heavy (non-hydrogen) atoms. The van der Waals surface area contributed by atoms with Gasteiger partial charge >= 0.3 is 0 Å². The number of primary amides is 1. The molecule has 0 aromatic heterocycles. The molecule has 6 nitrogen and oxygen atoms in total. The Hall–Kier alpha value is -1.44. The molecule has 1 aromatic carbocycles. The predicted octanol–water partition coefficient (Wildman–Crippen LogP) is 0.143. The fourth-order valence-corrected chi connectivity index (χ4v) is 4.10. The van der Waals surface area contributed by atoms with Gasteiger partial charge in [0.25, 0.3) is 0 Å². The summed E-state index contributed by atoms with van der Waals surface area (Å²) in [6.07, 6.45) is 0.826. The Labute approximate surface area is 118 Å². The lowest BCUT2D eigenvalue weighted by molar-refractivity contribution is 0.1000. The minimum Gasteiger partial charge on any atom is -0.366 e. The lowest BCUT2D eigenvalue weighted by atomic mass is 9.99. The molecule has 1 aromatic rings. The van der Waals surface area contributed by atoms with Gasteiger partial charge in [0, 0.05) is 24.7 Å². The SMILES string of the molecule is CC1CC(N)CN(S(=O)(=O)c2ccc(C(N)=O)cc2)C1. The first-order chi connectivity index (χ1) is 9.30. The lowest BCUT2D eigenvalue weighted by Gasteiger charge is -2.33. The first kappa shape index (κ1) is 15.0. The summed E-state index contributed by atoms with van der Waals surface area (Å²) in [7, 11) is -3.57. The number of sulfonamides is 1. The summed E-state index contributed by atoms with van der Waals surface area (Å²) < 4.78 is 26.4. The molecule has 0 radical (unpaired) electrons. The molecule has 1 amide bonds. The fraction of sp³-hybridized carbons (Fsp3) is 0.462. The van der Waals surface area contributed by atoms with Crippen LogP contribution in [0.4, 0.5) is 0 Å². The van der Waals surface area contributed by atoms with E-state index < -0.39 is 15.9 Å². The van der Waals surface area contributed by atoms with E-state index in [-0.39, 0.29) is 22.4 Å². The largest absolute Gasteiger partial charge is 0.366 e. The molecule has 0 saturated carbocycles. The number of benzene rings is 1. The van der Waals surface area contributed by atoms with Crippen molar-refractivity contribution >= 4 is 15.9 Å². The van der Waals surface area contributed by atoms with E-state index in [2.05, 4.69) is 0 Å². The van der Waals surface area contributed by atoms with Crippen LogP contribution in [0.15, 0.2) is 29.2 Å². The third kappa shape index (κ3) is 3.00. The fourth-order valence-electron chi connectivity index (χ4n) is 2.49. The zero-order chi connectivity index (χ0) is 14.9. The summed E-state index contributed by atoms with van der Waals surface area (Å²) in [6.45, 7) is 2.77. The third-order valence-corrected chi connectivity index (χ3v) is 5.28. The van der Waals surface area contributed by atoms with Gasteiger partial charge < -0.3 is 11.5 Å². The highest BCUT2D eigenvalue weighted by Crippen LogP contribution is 2.23. The monoisotopic (exact) mass is 297 g/mol. The van der Waals surface area contributed by atoms with Gasteiger partial charge in [-0.15, -0.1) is 0 Å². The number of nitrogens with two attached hydrogens (primary N) is 2. The van der Waals surface area contributed by atoms with Crippen molar-refractivity contribution in [3.05, 3.63) is 29.8 Å². The summed E-state index contributed by atoms with van der Waals surface area (Å²) in [5.74, 6) is -0.346. The minimum atomic E-state index is -3.57. The third-order valence-electron chi connectivity index (χ3n) is 3.44. The van der Waals surface area contributed by atoms with Gasteiger partial charge in [-0.25, -0.2) is 8.42 Å². The second-order valence-electron chi connectivity index (χ2n) is 5.31. The summed E-state index contributed by atoms with van der Waals surface area (Å²) in [6, 6.07) is 5.50. The number of hydrogen-bond acceptors (Lipinski definition) is 4. The Balaban J connectivity index is 2.27. The van der Waals surface area contributed by atoms with Gasteiger partial charge in [-0.1, -0.05) is 6.92 Å². The Morgan fingerprint density at radius 3 is 2.35 bits per heavy atom. The quantitative estimate of drug-likeness (QED) is 0.827. The zero-order valence-corrected chi connectivity index (χ0v) is 12.1. The van der Waals surface area contributed by atoms with Crippen LogP contribution >= 0.6 is 0 Å². The van der Waals surface area contributed by atoms with Crippen LogP contribution in [0, 0.1) is 5.92 Å². The predicted molar refractivity (Wildman–Crippen MR) is 75.5 cm³/mol. The van der Waals surface area contributed by atoms with Crippen molar-refractivity contribution < 1.29 is 13.2 Å². The number of piperidine rings is 1. The van der Waals surface area contributed by atoms with E-state index in [9.17, 15) is 13.2 Å². The van der Waals surface area contributed by atoms with Gasteiger partial charge in [-0.05, 0) is 36.6 Å². The topological polar surface area (TPSA) is 106 Å². The number of rotatable bonds is 3. The van der Waals surface area contributed by atoms with Crippen LogP contribution in [0.5, 0.6) is 0 Å². The maximum atomic E-state index is 12.5. The Morgan fingerprint density at radius 1 is 1.25 bits per heavy atom. The van der Waals surface area contributed by atoms with Crippen molar-refractivity contribution in [3.63, 3.8) is 0 Å². The Morgan fingerprint density at radius 2 is 1.85 bits per heavy atom. The van der Waals surface area contributed by atoms with Crippen LogP contribution in [0.1, 0.15) is 23.7 Å². The number of carbonyl (C=O) groups is 1. The first-order valence-corrected chi connectivity index (χ1v) is 7.90. The van der Waals surface area contributed by atoms with Crippen LogP contribution < -0.4 is 11.5 Å². The van der Waals surface area contributed by atoms with Crippen molar-refractivity contribution in [3.8, 4) is 0 Å². The summed E-state index contributed by atoms with van der Waals surface area (Å²) in [5, 5.41) is 0. The molecule has 1 aliphatic heterocycles. The zero-order valence-electron chi connectivity index (χ0n) is 11.3. The molecule has 0 spiro atoms. The van der Waals surface area contributed by atoms with Gasteiger partial charge in [-0.3, -0.25) is 4.79 Å². The van der Waals surface area contributed by atoms with Crippen LogP contribution in [0.25, 0.3) is 0 Å². The highest BCUT2D eigenvalue weighted by Gasteiger charge is 2.31. The molecular formula is C13H19N3O3S. The second-order valence-corrected chi connectivity index (χ2v) is 7.25. The Kier molecular flexibility index (Phi) is 4.12. The van der Waals surface area contributed by atoms with Crippen LogP contribution in [-0.2, 0) is 10.0 Å². The highest BCUT2D eigenvalue weighted by molar-refractivity contribution is 7.89. The first-order valence-electron chi connectivity index (χ1n) is 6.46. The van der Waals surface area contributed by atoms with Crippen molar-refractivity contribution in [2.45, 2.75) is 24.3 Å². The van der Waals surface area contributed by atoms with Crippen molar-refractivity contribution in [1.82, 2.24) is 4.31 Å². The molecule has 2 unspecified atom stereocenters. The second kappa shape index (κ2) is 5.51. The van der Waals surface area contributed by atoms with Gasteiger partial charge in [-0.2, -0.15) is 4.31 Å². The van der Waals surface area contributed by atoms with Gasteiger partial charge in [0.2, 0.25) is 15.9 Å². The molecule has 7 heteroatoms. The Bertz CT molecular complexity index is 588. The van der Waals surface area contributed by atoms with Gasteiger partial charge in [0.1, 0.15) is 0 Å². The molecule has 0 bridgehead atoms. The molecule has 1 saturated heterocycles. The molecule has 4 N–H and O–H groups in total. The number of amides is 1. The molecule has 2 atom stereocenters. The number of nitrogens with zero attached hydrogens (tertiary/aromatic N) is 1. The van der Waals surface area contributed by atoms with Crippen molar-refractivity contribution in [1.29, 1.82) is 0 Å². The standard InChI is InChI=1S/C13H19N3O3S/c1-9-6-11(14)8-16(7-9)20(18,19)12-4-2-10(3-5-12)13(15)17/h2-5,9,11H,6-8,14H2,1H3,(H2,15,17). The summed E-state index contributed by atoms with van der Waals surface area (Å²) in [4.78, 5) is 11.2. The van der Waals surface area contributed by atoms with E-state index in [4.69, 9.17) is 11.5 Å². The normalized spacial score (nSPS) is 24.5. The van der Waals surface area contributed by atoms with Crippen LogP contribution in [0.2, 0.25) is 0 Å². The van der Waals surface area contributed by atoms with Crippen LogP contribution in [-0.4, -0.2) is 37.8 Å². The van der Waals surface area contributed by atoms with Crippen molar-refractivity contribution in [2.75, 3.05) is 13.1 Å².